The lowest BCUT2D eigenvalue weighted by molar-refractivity contribution is 0.103. The van der Waals surface area contributed by atoms with E-state index in [0.717, 1.165) is 58.6 Å². The Balaban J connectivity index is 1.55. The Morgan fingerprint density at radius 2 is 2.00 bits per heavy atom. The highest BCUT2D eigenvalue weighted by Crippen LogP contribution is 2.23. The summed E-state index contributed by atoms with van der Waals surface area (Å²) in [6.45, 7) is 1.99. The van der Waals surface area contributed by atoms with E-state index in [4.69, 9.17) is 0 Å². The number of hydrogen-bond acceptors (Lipinski definition) is 4. The van der Waals surface area contributed by atoms with Crippen LogP contribution in [0.4, 0.5) is 5.69 Å². The van der Waals surface area contributed by atoms with E-state index >= 15 is 0 Å². The van der Waals surface area contributed by atoms with Crippen molar-refractivity contribution in [2.24, 2.45) is 0 Å². The van der Waals surface area contributed by atoms with Crippen LogP contribution in [0.2, 0.25) is 0 Å². The van der Waals surface area contributed by atoms with E-state index in [1.807, 2.05) is 43.3 Å². The molecule has 1 aliphatic rings. The molecule has 4 rings (SSSR count). The molecule has 138 valence electrons. The fraction of sp³-hybridized carbons (Fsp3) is 0.286. The summed E-state index contributed by atoms with van der Waals surface area (Å²) >= 11 is 1.48. The molecule has 0 unspecified atom stereocenters. The highest BCUT2D eigenvalue weighted by molar-refractivity contribution is 7.14. The predicted molar refractivity (Wildman–Crippen MR) is 108 cm³/mol. The van der Waals surface area contributed by atoms with Crippen LogP contribution in [0.1, 0.15) is 49.8 Å². The van der Waals surface area contributed by atoms with E-state index in [0.29, 0.717) is 11.3 Å². The van der Waals surface area contributed by atoms with Gasteiger partial charge in [-0.25, -0.2) is 5.10 Å². The molecule has 0 atom stereocenters. The van der Waals surface area contributed by atoms with Crippen molar-refractivity contribution in [1.82, 2.24) is 10.2 Å². The molecule has 0 bridgehead atoms. The third kappa shape index (κ3) is 3.85. The Kier molecular flexibility index (Phi) is 4.90. The van der Waals surface area contributed by atoms with Crippen LogP contribution in [0.3, 0.4) is 0 Å². The number of carbonyl (C=O) groups is 1. The minimum Gasteiger partial charge on any atom is -0.321 e. The van der Waals surface area contributed by atoms with Crippen molar-refractivity contribution in [3.8, 4) is 0 Å². The molecule has 0 radical (unpaired) electrons. The molecule has 2 heterocycles. The van der Waals surface area contributed by atoms with Crippen LogP contribution in [0.15, 0.2) is 41.2 Å². The van der Waals surface area contributed by atoms with Gasteiger partial charge in [-0.05, 0) is 68.0 Å². The molecule has 0 aliphatic heterocycles. The molecule has 0 saturated carbocycles. The number of carbonyl (C=O) groups excluding carboxylic acids is 1. The molecule has 2 aromatic heterocycles. The molecule has 5 nitrogen and oxygen atoms in total. The first-order valence-electron chi connectivity index (χ1n) is 9.16. The lowest BCUT2D eigenvalue weighted by Gasteiger charge is -2.17. The van der Waals surface area contributed by atoms with Crippen LogP contribution >= 0.6 is 11.3 Å². The van der Waals surface area contributed by atoms with E-state index in [9.17, 15) is 9.59 Å². The Morgan fingerprint density at radius 3 is 2.78 bits per heavy atom. The molecule has 27 heavy (non-hydrogen) atoms. The Bertz CT molecular complexity index is 1050. The van der Waals surface area contributed by atoms with Crippen molar-refractivity contribution in [3.05, 3.63) is 78.9 Å². The second-order valence-electron chi connectivity index (χ2n) is 6.91. The van der Waals surface area contributed by atoms with Crippen LogP contribution in [0.25, 0.3) is 0 Å². The first-order chi connectivity index (χ1) is 13.1. The summed E-state index contributed by atoms with van der Waals surface area (Å²) < 4.78 is 0. The maximum Gasteiger partial charge on any atom is 0.267 e. The summed E-state index contributed by atoms with van der Waals surface area (Å²) in [6.07, 6.45) is 4.54. The maximum atomic E-state index is 12.4. The molecule has 0 fully saturated rings. The molecule has 1 aromatic carbocycles. The number of hydrogen-bond donors (Lipinski definition) is 2. The van der Waals surface area contributed by atoms with Gasteiger partial charge in [0.05, 0.1) is 10.6 Å². The van der Waals surface area contributed by atoms with Crippen molar-refractivity contribution in [1.29, 1.82) is 0 Å². The number of nitrogens with one attached hydrogen (secondary N) is 2. The van der Waals surface area contributed by atoms with Gasteiger partial charge in [-0.3, -0.25) is 9.59 Å². The third-order valence-corrected chi connectivity index (χ3v) is 5.90. The fourth-order valence-corrected chi connectivity index (χ4v) is 4.34. The molecule has 0 saturated heterocycles. The number of amides is 1. The number of aromatic nitrogens is 2. The number of fused-ring (bicyclic) bond motifs is 1. The van der Waals surface area contributed by atoms with Crippen molar-refractivity contribution in [3.63, 3.8) is 0 Å². The first-order valence-corrected chi connectivity index (χ1v) is 9.98. The van der Waals surface area contributed by atoms with Gasteiger partial charge in [0.2, 0.25) is 0 Å². The van der Waals surface area contributed by atoms with Crippen LogP contribution in [-0.2, 0) is 19.3 Å². The number of aromatic amines is 1. The number of benzene rings is 1. The van der Waals surface area contributed by atoms with Gasteiger partial charge in [-0.15, -0.1) is 11.3 Å². The first kappa shape index (κ1) is 17.7. The number of H-pyrrole nitrogens is 1. The highest BCUT2D eigenvalue weighted by atomic mass is 32.1. The zero-order chi connectivity index (χ0) is 18.8. The smallest absolute Gasteiger partial charge is 0.267 e. The Morgan fingerprint density at radius 1 is 1.19 bits per heavy atom. The molecular formula is C21H21N3O2S. The standard InChI is InChI=1S/C21H21N3O2S/c1-13-9-10-19(27-13)21(26)22-15-6-4-5-14(11-15)12-18-16-7-2-3-8-17(16)20(25)24-23-18/h4-6,9-11H,2-3,7-8,12H2,1H3,(H,22,26)(H,24,25). The molecule has 1 amide bonds. The monoisotopic (exact) mass is 379 g/mol. The van der Waals surface area contributed by atoms with Gasteiger partial charge < -0.3 is 5.32 Å². The van der Waals surface area contributed by atoms with Gasteiger partial charge in [-0.1, -0.05) is 12.1 Å². The van der Waals surface area contributed by atoms with E-state index in [2.05, 4.69) is 15.5 Å². The number of nitrogens with zero attached hydrogens (tertiary/aromatic N) is 1. The largest absolute Gasteiger partial charge is 0.321 e. The van der Waals surface area contributed by atoms with Gasteiger partial charge >= 0.3 is 0 Å². The zero-order valence-corrected chi connectivity index (χ0v) is 16.0. The van der Waals surface area contributed by atoms with Crippen LogP contribution in [0, 0.1) is 6.92 Å². The van der Waals surface area contributed by atoms with Crippen LogP contribution in [0.5, 0.6) is 0 Å². The molecular weight excluding hydrogens is 358 g/mol. The van der Waals surface area contributed by atoms with E-state index in [1.54, 1.807) is 0 Å². The van der Waals surface area contributed by atoms with Crippen molar-refractivity contribution in [2.45, 2.75) is 39.0 Å². The summed E-state index contributed by atoms with van der Waals surface area (Å²) in [4.78, 5) is 26.2. The van der Waals surface area contributed by atoms with E-state index in [-0.39, 0.29) is 11.5 Å². The highest BCUT2D eigenvalue weighted by Gasteiger charge is 2.18. The van der Waals surface area contributed by atoms with Gasteiger partial charge in [0.15, 0.2) is 0 Å². The van der Waals surface area contributed by atoms with Crippen molar-refractivity contribution in [2.75, 3.05) is 5.32 Å². The minimum atomic E-state index is -0.0928. The molecule has 6 heteroatoms. The number of rotatable bonds is 4. The predicted octanol–water partition coefficient (Wildman–Crippen LogP) is 3.86. The summed E-state index contributed by atoms with van der Waals surface area (Å²) in [6, 6.07) is 11.6. The molecule has 0 spiro atoms. The SMILES string of the molecule is Cc1ccc(C(=O)Nc2cccc(Cc3n[nH]c(=O)c4c3CCCC4)c2)s1. The summed E-state index contributed by atoms with van der Waals surface area (Å²) in [5.74, 6) is -0.0928. The Hall–Kier alpha value is -2.73. The zero-order valence-electron chi connectivity index (χ0n) is 15.2. The van der Waals surface area contributed by atoms with E-state index in [1.165, 1.54) is 11.3 Å². The van der Waals surface area contributed by atoms with Gasteiger partial charge in [-0.2, -0.15) is 5.10 Å². The van der Waals surface area contributed by atoms with Crippen molar-refractivity contribution < 1.29 is 4.79 Å². The third-order valence-electron chi connectivity index (χ3n) is 4.90. The normalized spacial score (nSPS) is 13.2. The van der Waals surface area contributed by atoms with Gasteiger partial charge in [0, 0.05) is 22.5 Å². The van der Waals surface area contributed by atoms with Crippen LogP contribution in [-0.4, -0.2) is 16.1 Å². The maximum absolute atomic E-state index is 12.4. The van der Waals surface area contributed by atoms with Crippen molar-refractivity contribution >= 4 is 22.9 Å². The lowest BCUT2D eigenvalue weighted by Crippen LogP contribution is -2.23. The number of thiophene rings is 1. The average Bonchev–Trinajstić information content (AvgIpc) is 3.11. The summed E-state index contributed by atoms with van der Waals surface area (Å²) in [5, 5.41) is 9.91. The Labute approximate surface area is 161 Å². The number of anilines is 1. The second kappa shape index (κ2) is 7.48. The molecule has 3 aromatic rings. The van der Waals surface area contributed by atoms with Crippen LogP contribution < -0.4 is 10.9 Å². The lowest BCUT2D eigenvalue weighted by atomic mass is 9.90. The topological polar surface area (TPSA) is 74.8 Å². The summed E-state index contributed by atoms with van der Waals surface area (Å²) in [7, 11) is 0. The number of aryl methyl sites for hydroxylation is 1. The van der Waals surface area contributed by atoms with Gasteiger partial charge in [0.1, 0.15) is 0 Å². The molecule has 2 N–H and O–H groups in total. The quantitative estimate of drug-likeness (QED) is 0.723. The average molecular weight is 379 g/mol. The minimum absolute atomic E-state index is 0.0549. The fourth-order valence-electron chi connectivity index (χ4n) is 3.58. The molecule has 1 aliphatic carbocycles. The van der Waals surface area contributed by atoms with E-state index < -0.39 is 0 Å². The summed E-state index contributed by atoms with van der Waals surface area (Å²) in [5.41, 5.74) is 4.70. The van der Waals surface area contributed by atoms with Gasteiger partial charge in [0.25, 0.3) is 11.5 Å². The second-order valence-corrected chi connectivity index (χ2v) is 8.19.